The number of piperazine rings is 1. The summed E-state index contributed by atoms with van der Waals surface area (Å²) < 4.78 is 0. The van der Waals surface area contributed by atoms with Crippen molar-refractivity contribution in [3.8, 4) is 0 Å². The first-order valence-electron chi connectivity index (χ1n) is 8.43. The van der Waals surface area contributed by atoms with E-state index in [0.717, 1.165) is 64.2 Å². The number of carbonyl (C=O) groups is 1. The summed E-state index contributed by atoms with van der Waals surface area (Å²) in [4.78, 5) is 17.2. The summed E-state index contributed by atoms with van der Waals surface area (Å²) in [5.41, 5.74) is 3.30. The van der Waals surface area contributed by atoms with Crippen LogP contribution in [0.25, 0.3) is 0 Å². The van der Waals surface area contributed by atoms with Crippen molar-refractivity contribution in [3.63, 3.8) is 0 Å². The minimum absolute atomic E-state index is 0.223. The van der Waals surface area contributed by atoms with E-state index in [1.165, 1.54) is 11.3 Å². The van der Waals surface area contributed by atoms with Crippen LogP contribution in [-0.4, -0.2) is 56.1 Å². The van der Waals surface area contributed by atoms with E-state index >= 15 is 0 Å². The van der Waals surface area contributed by atoms with Crippen molar-refractivity contribution in [2.24, 2.45) is 0 Å². The van der Waals surface area contributed by atoms with Gasteiger partial charge in [0.05, 0.1) is 0 Å². The SMILES string of the molecule is O=C1c2cc(N3CCNCC3)ccc2CN1C1CCCNC1. The lowest BCUT2D eigenvalue weighted by Gasteiger charge is -2.31. The number of carbonyl (C=O) groups excluding carboxylic acids is 1. The largest absolute Gasteiger partial charge is 0.369 e. The lowest BCUT2D eigenvalue weighted by Crippen LogP contribution is -2.46. The number of nitrogens with one attached hydrogen (secondary N) is 2. The third-order valence-corrected chi connectivity index (χ3v) is 5.12. The molecule has 0 spiro atoms. The number of hydrogen-bond acceptors (Lipinski definition) is 4. The van der Waals surface area contributed by atoms with Gasteiger partial charge in [0.2, 0.25) is 0 Å². The van der Waals surface area contributed by atoms with Crippen LogP contribution < -0.4 is 15.5 Å². The van der Waals surface area contributed by atoms with E-state index in [0.29, 0.717) is 6.04 Å². The Balaban J connectivity index is 1.55. The molecular formula is C17H24N4O. The molecule has 5 nitrogen and oxygen atoms in total. The number of rotatable bonds is 2. The van der Waals surface area contributed by atoms with Crippen LogP contribution in [0.5, 0.6) is 0 Å². The number of fused-ring (bicyclic) bond motifs is 1. The van der Waals surface area contributed by atoms with E-state index in [-0.39, 0.29) is 5.91 Å². The number of hydrogen-bond donors (Lipinski definition) is 2. The Morgan fingerprint density at radius 3 is 2.73 bits per heavy atom. The first-order chi connectivity index (χ1) is 10.8. The molecule has 118 valence electrons. The molecule has 2 saturated heterocycles. The average molecular weight is 300 g/mol. The summed E-state index contributed by atoms with van der Waals surface area (Å²) in [6.07, 6.45) is 2.29. The number of piperidine rings is 1. The van der Waals surface area contributed by atoms with E-state index in [2.05, 4.69) is 38.6 Å². The molecule has 0 aromatic heterocycles. The molecule has 0 radical (unpaired) electrons. The maximum atomic E-state index is 12.8. The van der Waals surface area contributed by atoms with Crippen molar-refractivity contribution in [1.29, 1.82) is 0 Å². The summed E-state index contributed by atoms with van der Waals surface area (Å²) in [6.45, 7) is 6.87. The molecular weight excluding hydrogens is 276 g/mol. The number of benzene rings is 1. The average Bonchev–Trinajstić information content (AvgIpc) is 2.93. The van der Waals surface area contributed by atoms with Gasteiger partial charge in [-0.15, -0.1) is 0 Å². The van der Waals surface area contributed by atoms with Crippen molar-refractivity contribution in [2.75, 3.05) is 44.2 Å². The van der Waals surface area contributed by atoms with Crippen LogP contribution in [-0.2, 0) is 6.54 Å². The Bertz CT molecular complexity index is 562. The van der Waals surface area contributed by atoms with Gasteiger partial charge in [-0.3, -0.25) is 4.79 Å². The van der Waals surface area contributed by atoms with Gasteiger partial charge in [0.1, 0.15) is 0 Å². The van der Waals surface area contributed by atoms with Gasteiger partial charge in [-0.25, -0.2) is 0 Å². The highest BCUT2D eigenvalue weighted by Gasteiger charge is 2.33. The zero-order valence-corrected chi connectivity index (χ0v) is 13.0. The van der Waals surface area contributed by atoms with Gasteiger partial charge in [-0.1, -0.05) is 6.07 Å². The molecule has 1 atom stereocenters. The summed E-state index contributed by atoms with van der Waals surface area (Å²) in [5, 5.41) is 6.78. The van der Waals surface area contributed by atoms with Crippen molar-refractivity contribution in [3.05, 3.63) is 29.3 Å². The predicted octanol–water partition coefficient (Wildman–Crippen LogP) is 0.804. The number of nitrogens with zero attached hydrogens (tertiary/aromatic N) is 2. The molecule has 4 rings (SSSR count). The summed E-state index contributed by atoms with van der Waals surface area (Å²) in [6, 6.07) is 6.80. The van der Waals surface area contributed by atoms with Crippen LogP contribution in [0, 0.1) is 0 Å². The lowest BCUT2D eigenvalue weighted by molar-refractivity contribution is 0.0674. The van der Waals surface area contributed by atoms with E-state index in [9.17, 15) is 4.79 Å². The molecule has 1 aromatic carbocycles. The smallest absolute Gasteiger partial charge is 0.254 e. The van der Waals surface area contributed by atoms with E-state index < -0.39 is 0 Å². The minimum atomic E-state index is 0.223. The van der Waals surface area contributed by atoms with E-state index in [1.807, 2.05) is 0 Å². The Morgan fingerprint density at radius 1 is 1.09 bits per heavy atom. The molecule has 0 saturated carbocycles. The molecule has 2 N–H and O–H groups in total. The van der Waals surface area contributed by atoms with Gasteiger partial charge in [-0.05, 0) is 37.1 Å². The molecule has 1 unspecified atom stereocenters. The van der Waals surface area contributed by atoms with Crippen LogP contribution in [0.4, 0.5) is 5.69 Å². The Hall–Kier alpha value is -1.59. The van der Waals surface area contributed by atoms with Crippen LogP contribution >= 0.6 is 0 Å². The van der Waals surface area contributed by atoms with E-state index in [1.54, 1.807) is 0 Å². The molecule has 3 aliphatic heterocycles. The molecule has 1 aromatic rings. The summed E-state index contributed by atoms with van der Waals surface area (Å²) >= 11 is 0. The first kappa shape index (κ1) is 14.0. The lowest BCUT2D eigenvalue weighted by atomic mass is 10.1. The molecule has 1 amide bonds. The van der Waals surface area contributed by atoms with Crippen LogP contribution in [0.1, 0.15) is 28.8 Å². The Morgan fingerprint density at radius 2 is 1.95 bits per heavy atom. The van der Waals surface area contributed by atoms with Gasteiger partial charge < -0.3 is 20.4 Å². The number of anilines is 1. The normalized spacial score (nSPS) is 25.5. The second-order valence-electron chi connectivity index (χ2n) is 6.51. The van der Waals surface area contributed by atoms with Crippen LogP contribution in [0.2, 0.25) is 0 Å². The zero-order valence-electron chi connectivity index (χ0n) is 13.0. The number of amides is 1. The van der Waals surface area contributed by atoms with E-state index in [4.69, 9.17) is 0 Å². The highest BCUT2D eigenvalue weighted by Crippen LogP contribution is 2.30. The second kappa shape index (κ2) is 5.89. The summed E-state index contributed by atoms with van der Waals surface area (Å²) in [7, 11) is 0. The van der Waals surface area contributed by atoms with Crippen LogP contribution in [0.3, 0.4) is 0 Å². The summed E-state index contributed by atoms with van der Waals surface area (Å²) in [5.74, 6) is 0.223. The molecule has 3 heterocycles. The van der Waals surface area contributed by atoms with Crippen molar-refractivity contribution < 1.29 is 4.79 Å². The maximum absolute atomic E-state index is 12.8. The molecule has 0 aliphatic carbocycles. The zero-order chi connectivity index (χ0) is 14.9. The van der Waals surface area contributed by atoms with Crippen molar-refractivity contribution in [1.82, 2.24) is 15.5 Å². The van der Waals surface area contributed by atoms with Crippen molar-refractivity contribution >= 4 is 11.6 Å². The molecule has 3 aliphatic rings. The van der Waals surface area contributed by atoms with Gasteiger partial charge in [-0.2, -0.15) is 0 Å². The molecule has 22 heavy (non-hydrogen) atoms. The minimum Gasteiger partial charge on any atom is -0.369 e. The second-order valence-corrected chi connectivity index (χ2v) is 6.51. The highest BCUT2D eigenvalue weighted by atomic mass is 16.2. The fourth-order valence-corrected chi connectivity index (χ4v) is 3.83. The monoisotopic (exact) mass is 300 g/mol. The topological polar surface area (TPSA) is 47.6 Å². The first-order valence-corrected chi connectivity index (χ1v) is 8.43. The molecule has 0 bridgehead atoms. The van der Waals surface area contributed by atoms with Gasteiger partial charge in [0.15, 0.2) is 0 Å². The fourth-order valence-electron chi connectivity index (χ4n) is 3.83. The Kier molecular flexibility index (Phi) is 3.76. The van der Waals surface area contributed by atoms with Crippen molar-refractivity contribution in [2.45, 2.75) is 25.4 Å². The predicted molar refractivity (Wildman–Crippen MR) is 87.3 cm³/mol. The standard InChI is InChI=1S/C17H24N4O/c22-17-16-10-14(20-8-6-18-7-9-20)4-3-13(16)12-21(17)15-2-1-5-19-11-15/h3-4,10,15,18-19H,1-2,5-9,11-12H2. The third-order valence-electron chi connectivity index (χ3n) is 5.12. The van der Waals surface area contributed by atoms with Gasteiger partial charge in [0, 0.05) is 56.6 Å². The highest BCUT2D eigenvalue weighted by molar-refractivity contribution is 5.99. The van der Waals surface area contributed by atoms with Gasteiger partial charge in [0.25, 0.3) is 5.91 Å². The third kappa shape index (κ3) is 2.48. The maximum Gasteiger partial charge on any atom is 0.254 e. The fraction of sp³-hybridized carbons (Fsp3) is 0.588. The molecule has 2 fully saturated rings. The Labute approximate surface area is 131 Å². The molecule has 5 heteroatoms. The van der Waals surface area contributed by atoms with Crippen LogP contribution in [0.15, 0.2) is 18.2 Å². The quantitative estimate of drug-likeness (QED) is 0.848. The van der Waals surface area contributed by atoms with Gasteiger partial charge >= 0.3 is 0 Å².